The lowest BCUT2D eigenvalue weighted by atomic mass is 10.0. The Kier molecular flexibility index (Phi) is 2.25. The molecule has 1 atom stereocenters. The summed E-state index contributed by atoms with van der Waals surface area (Å²) in [6.07, 6.45) is 0. The maximum absolute atomic E-state index is 11.3. The second kappa shape index (κ2) is 3.42. The smallest absolute Gasteiger partial charge is 0.223 e. The van der Waals surface area contributed by atoms with Crippen molar-refractivity contribution in [2.45, 2.75) is 12.8 Å². The lowest BCUT2D eigenvalue weighted by Gasteiger charge is -2.14. The van der Waals surface area contributed by atoms with Gasteiger partial charge in [0.15, 0.2) is 0 Å². The molecule has 14 heavy (non-hydrogen) atoms. The summed E-state index contributed by atoms with van der Waals surface area (Å²) in [6, 6.07) is 7.74. The molecule has 74 valence electrons. The first-order valence-corrected chi connectivity index (χ1v) is 4.72. The zero-order valence-corrected chi connectivity index (χ0v) is 8.10. The SMILES string of the molecule is CC(=O)N1C[C@H](CO)c2ccccc21. The van der Waals surface area contributed by atoms with Gasteiger partial charge < -0.3 is 10.0 Å². The van der Waals surface area contributed by atoms with Gasteiger partial charge in [-0.15, -0.1) is 0 Å². The van der Waals surface area contributed by atoms with Crippen molar-refractivity contribution in [3.8, 4) is 0 Å². The highest BCUT2D eigenvalue weighted by molar-refractivity contribution is 5.94. The number of nitrogens with zero attached hydrogens (tertiary/aromatic N) is 1. The van der Waals surface area contributed by atoms with Crippen LogP contribution in [-0.4, -0.2) is 24.2 Å². The van der Waals surface area contributed by atoms with Gasteiger partial charge in [0.1, 0.15) is 0 Å². The number of aliphatic hydroxyl groups is 1. The van der Waals surface area contributed by atoms with Gasteiger partial charge in [0, 0.05) is 25.1 Å². The largest absolute Gasteiger partial charge is 0.396 e. The zero-order chi connectivity index (χ0) is 10.1. The van der Waals surface area contributed by atoms with Crippen LogP contribution in [0.25, 0.3) is 0 Å². The Morgan fingerprint density at radius 1 is 1.57 bits per heavy atom. The van der Waals surface area contributed by atoms with Crippen molar-refractivity contribution >= 4 is 11.6 Å². The summed E-state index contributed by atoms with van der Waals surface area (Å²) in [6.45, 7) is 2.25. The molecule has 0 fully saturated rings. The average Bonchev–Trinajstić information content (AvgIpc) is 2.56. The molecule has 3 heteroatoms. The van der Waals surface area contributed by atoms with Crippen molar-refractivity contribution in [3.63, 3.8) is 0 Å². The van der Waals surface area contributed by atoms with E-state index in [2.05, 4.69) is 0 Å². The molecule has 1 aromatic carbocycles. The zero-order valence-electron chi connectivity index (χ0n) is 8.10. The number of benzene rings is 1. The maximum atomic E-state index is 11.3. The minimum atomic E-state index is 0.0356. The monoisotopic (exact) mass is 191 g/mol. The molecule has 2 rings (SSSR count). The van der Waals surface area contributed by atoms with Gasteiger partial charge in [0.2, 0.25) is 5.91 Å². The van der Waals surface area contributed by atoms with Crippen LogP contribution < -0.4 is 4.90 Å². The molecule has 3 nitrogen and oxygen atoms in total. The molecule has 1 aliphatic heterocycles. The van der Waals surface area contributed by atoms with Gasteiger partial charge in [-0.05, 0) is 11.6 Å². The van der Waals surface area contributed by atoms with Crippen LogP contribution >= 0.6 is 0 Å². The number of carbonyl (C=O) groups is 1. The quantitative estimate of drug-likeness (QED) is 0.722. The molecule has 1 aromatic rings. The van der Waals surface area contributed by atoms with Gasteiger partial charge in [-0.25, -0.2) is 0 Å². The van der Waals surface area contributed by atoms with E-state index in [-0.39, 0.29) is 18.4 Å². The molecule has 0 saturated heterocycles. The van der Waals surface area contributed by atoms with E-state index in [0.29, 0.717) is 6.54 Å². The Hall–Kier alpha value is -1.35. The number of fused-ring (bicyclic) bond motifs is 1. The van der Waals surface area contributed by atoms with Crippen LogP contribution in [0.5, 0.6) is 0 Å². The van der Waals surface area contributed by atoms with Crippen molar-refractivity contribution in [2.24, 2.45) is 0 Å². The van der Waals surface area contributed by atoms with E-state index in [1.165, 1.54) is 0 Å². The third-order valence-corrected chi connectivity index (χ3v) is 2.67. The second-order valence-corrected chi connectivity index (χ2v) is 3.57. The first-order valence-electron chi connectivity index (χ1n) is 4.72. The van der Waals surface area contributed by atoms with Crippen LogP contribution in [0.2, 0.25) is 0 Å². The average molecular weight is 191 g/mol. The van der Waals surface area contributed by atoms with Crippen LogP contribution in [-0.2, 0) is 4.79 Å². The number of rotatable bonds is 1. The fourth-order valence-corrected chi connectivity index (χ4v) is 1.95. The maximum Gasteiger partial charge on any atom is 0.223 e. The van der Waals surface area contributed by atoms with E-state index in [9.17, 15) is 9.90 Å². The van der Waals surface area contributed by atoms with E-state index in [1.807, 2.05) is 24.3 Å². The summed E-state index contributed by atoms with van der Waals surface area (Å²) in [5, 5.41) is 9.17. The molecular formula is C11H13NO2. The third kappa shape index (κ3) is 1.30. The van der Waals surface area contributed by atoms with E-state index < -0.39 is 0 Å². The van der Waals surface area contributed by atoms with Gasteiger partial charge in [-0.3, -0.25) is 4.79 Å². The molecule has 1 N–H and O–H groups in total. The Morgan fingerprint density at radius 3 is 2.93 bits per heavy atom. The summed E-state index contributed by atoms with van der Waals surface area (Å²) in [4.78, 5) is 13.0. The van der Waals surface area contributed by atoms with E-state index >= 15 is 0 Å². The fraction of sp³-hybridized carbons (Fsp3) is 0.364. The Bertz CT molecular complexity index is 362. The predicted molar refractivity (Wildman–Crippen MR) is 54.3 cm³/mol. The molecule has 1 amide bonds. The number of aliphatic hydroxyl groups excluding tert-OH is 1. The molecule has 0 aliphatic carbocycles. The van der Waals surface area contributed by atoms with E-state index in [4.69, 9.17) is 0 Å². The van der Waals surface area contributed by atoms with E-state index in [1.54, 1.807) is 11.8 Å². The molecule has 0 bridgehead atoms. The Morgan fingerprint density at radius 2 is 2.29 bits per heavy atom. The van der Waals surface area contributed by atoms with Gasteiger partial charge in [-0.1, -0.05) is 18.2 Å². The molecule has 0 unspecified atom stereocenters. The molecule has 0 spiro atoms. The molecular weight excluding hydrogens is 178 g/mol. The van der Waals surface area contributed by atoms with Crippen molar-refractivity contribution in [3.05, 3.63) is 29.8 Å². The molecule has 0 radical (unpaired) electrons. The van der Waals surface area contributed by atoms with Crippen molar-refractivity contribution in [2.75, 3.05) is 18.1 Å². The normalized spacial score (nSPS) is 19.6. The lowest BCUT2D eigenvalue weighted by molar-refractivity contribution is -0.116. The van der Waals surface area contributed by atoms with E-state index in [0.717, 1.165) is 11.3 Å². The van der Waals surface area contributed by atoms with Gasteiger partial charge >= 0.3 is 0 Å². The topological polar surface area (TPSA) is 40.5 Å². The molecule has 1 aliphatic rings. The summed E-state index contributed by atoms with van der Waals surface area (Å²) in [5.41, 5.74) is 2.02. The van der Waals surface area contributed by atoms with Crippen LogP contribution in [0, 0.1) is 0 Å². The highest BCUT2D eigenvalue weighted by atomic mass is 16.3. The number of hydrogen-bond acceptors (Lipinski definition) is 2. The first kappa shape index (κ1) is 9.21. The summed E-state index contributed by atoms with van der Waals surface area (Å²) in [7, 11) is 0. The van der Waals surface area contributed by atoms with Gasteiger partial charge in [0.25, 0.3) is 0 Å². The fourth-order valence-electron chi connectivity index (χ4n) is 1.95. The lowest BCUT2D eigenvalue weighted by Crippen LogP contribution is -2.27. The van der Waals surface area contributed by atoms with Crippen molar-refractivity contribution in [1.29, 1.82) is 0 Å². The van der Waals surface area contributed by atoms with Crippen LogP contribution in [0.3, 0.4) is 0 Å². The first-order chi connectivity index (χ1) is 6.74. The predicted octanol–water partition coefficient (Wildman–Crippen LogP) is 1.13. The number of amides is 1. The molecule has 0 aromatic heterocycles. The minimum Gasteiger partial charge on any atom is -0.396 e. The number of hydrogen-bond donors (Lipinski definition) is 1. The number of carbonyl (C=O) groups excluding carboxylic acids is 1. The standard InChI is InChI=1S/C11H13NO2/c1-8(14)12-6-9(7-13)10-4-2-3-5-11(10)12/h2-5,9,13H,6-7H2,1H3/t9-/m1/s1. The molecule has 1 heterocycles. The van der Waals surface area contributed by atoms with Crippen molar-refractivity contribution < 1.29 is 9.90 Å². The molecule has 0 saturated carbocycles. The summed E-state index contributed by atoms with van der Waals surface area (Å²) in [5.74, 6) is 0.114. The Labute approximate surface area is 83.0 Å². The second-order valence-electron chi connectivity index (χ2n) is 3.57. The van der Waals surface area contributed by atoms with Crippen molar-refractivity contribution in [1.82, 2.24) is 0 Å². The highest BCUT2D eigenvalue weighted by Crippen LogP contribution is 2.35. The van der Waals surface area contributed by atoms with Crippen LogP contribution in [0.15, 0.2) is 24.3 Å². The summed E-state index contributed by atoms with van der Waals surface area (Å²) >= 11 is 0. The van der Waals surface area contributed by atoms with Crippen LogP contribution in [0.4, 0.5) is 5.69 Å². The minimum absolute atomic E-state index is 0.0356. The van der Waals surface area contributed by atoms with Gasteiger partial charge in [-0.2, -0.15) is 0 Å². The number of para-hydroxylation sites is 1. The summed E-state index contributed by atoms with van der Waals surface area (Å²) < 4.78 is 0. The Balaban J connectivity index is 2.43. The van der Waals surface area contributed by atoms with Crippen LogP contribution in [0.1, 0.15) is 18.4 Å². The van der Waals surface area contributed by atoms with Gasteiger partial charge in [0.05, 0.1) is 6.61 Å². The third-order valence-electron chi connectivity index (χ3n) is 2.67. The highest BCUT2D eigenvalue weighted by Gasteiger charge is 2.29. The number of anilines is 1.